The molecule has 0 amide bonds. The van der Waals surface area contributed by atoms with E-state index in [1.165, 1.54) is 12.1 Å². The molecular weight excluding hydrogens is 231 g/mol. The SMILES string of the molecule is Fc1cc(CCl)cc(OCC2CCCO2)c1. The Hall–Kier alpha value is -0.800. The van der Waals surface area contributed by atoms with Gasteiger partial charge in [0.15, 0.2) is 0 Å². The zero-order chi connectivity index (χ0) is 11.4. The van der Waals surface area contributed by atoms with E-state index in [2.05, 4.69) is 0 Å². The molecule has 1 fully saturated rings. The Morgan fingerprint density at radius 3 is 3.00 bits per heavy atom. The number of halogens is 2. The summed E-state index contributed by atoms with van der Waals surface area (Å²) in [4.78, 5) is 0. The predicted octanol–water partition coefficient (Wildman–Crippen LogP) is 3.12. The number of alkyl halides is 1. The summed E-state index contributed by atoms with van der Waals surface area (Å²) in [5.41, 5.74) is 0.726. The summed E-state index contributed by atoms with van der Waals surface area (Å²) in [6.07, 6.45) is 2.23. The molecule has 2 rings (SSSR count). The Labute approximate surface area is 99.3 Å². The van der Waals surface area contributed by atoms with Crippen LogP contribution in [0.4, 0.5) is 4.39 Å². The van der Waals surface area contributed by atoms with Gasteiger partial charge in [-0.15, -0.1) is 11.6 Å². The van der Waals surface area contributed by atoms with E-state index in [1.807, 2.05) is 0 Å². The highest BCUT2D eigenvalue weighted by molar-refractivity contribution is 6.17. The standard InChI is InChI=1S/C12H14ClFO2/c13-7-9-4-10(14)6-12(5-9)16-8-11-2-1-3-15-11/h4-6,11H,1-3,7-8H2. The fourth-order valence-electron chi connectivity index (χ4n) is 1.75. The van der Waals surface area contributed by atoms with E-state index in [-0.39, 0.29) is 17.8 Å². The van der Waals surface area contributed by atoms with Crippen LogP contribution in [0.25, 0.3) is 0 Å². The molecule has 0 aromatic heterocycles. The molecule has 4 heteroatoms. The Kier molecular flexibility index (Phi) is 4.02. The first-order valence-corrected chi connectivity index (χ1v) is 5.91. The van der Waals surface area contributed by atoms with Gasteiger partial charge in [-0.3, -0.25) is 0 Å². The van der Waals surface area contributed by atoms with Crippen molar-refractivity contribution in [1.82, 2.24) is 0 Å². The third kappa shape index (κ3) is 3.09. The molecule has 1 aliphatic rings. The number of ether oxygens (including phenoxy) is 2. The molecule has 0 bridgehead atoms. The summed E-state index contributed by atoms with van der Waals surface area (Å²) in [5, 5.41) is 0. The lowest BCUT2D eigenvalue weighted by atomic mass is 10.2. The van der Waals surface area contributed by atoms with Gasteiger partial charge in [-0.1, -0.05) is 0 Å². The van der Waals surface area contributed by atoms with Gasteiger partial charge in [0.2, 0.25) is 0 Å². The van der Waals surface area contributed by atoms with Crippen LogP contribution in [0.5, 0.6) is 5.75 Å². The van der Waals surface area contributed by atoms with Crippen molar-refractivity contribution in [2.75, 3.05) is 13.2 Å². The van der Waals surface area contributed by atoms with Gasteiger partial charge in [-0.25, -0.2) is 4.39 Å². The molecule has 88 valence electrons. The van der Waals surface area contributed by atoms with Crippen LogP contribution < -0.4 is 4.74 Å². The maximum absolute atomic E-state index is 13.1. The fraction of sp³-hybridized carbons (Fsp3) is 0.500. The molecule has 1 aliphatic heterocycles. The lowest BCUT2D eigenvalue weighted by molar-refractivity contribution is 0.0678. The molecule has 0 spiro atoms. The van der Waals surface area contributed by atoms with E-state index in [4.69, 9.17) is 21.1 Å². The van der Waals surface area contributed by atoms with Crippen molar-refractivity contribution < 1.29 is 13.9 Å². The summed E-state index contributed by atoms with van der Waals surface area (Å²) in [6, 6.07) is 4.53. The highest BCUT2D eigenvalue weighted by atomic mass is 35.5. The largest absolute Gasteiger partial charge is 0.491 e. The summed E-state index contributed by atoms with van der Waals surface area (Å²) >= 11 is 5.65. The van der Waals surface area contributed by atoms with Gasteiger partial charge in [-0.05, 0) is 30.5 Å². The molecule has 1 aromatic carbocycles. The third-order valence-corrected chi connectivity index (χ3v) is 2.85. The number of benzene rings is 1. The molecule has 1 heterocycles. The average Bonchev–Trinajstić information content (AvgIpc) is 2.78. The maximum atomic E-state index is 13.1. The summed E-state index contributed by atoms with van der Waals surface area (Å²) in [5.74, 6) is 0.486. The van der Waals surface area contributed by atoms with Crippen LogP contribution in [-0.2, 0) is 10.6 Å². The molecule has 1 unspecified atom stereocenters. The van der Waals surface area contributed by atoms with Gasteiger partial charge in [0.05, 0.1) is 6.10 Å². The van der Waals surface area contributed by atoms with Crippen LogP contribution in [-0.4, -0.2) is 19.3 Å². The second-order valence-electron chi connectivity index (χ2n) is 3.87. The Bertz CT molecular complexity index is 351. The minimum Gasteiger partial charge on any atom is -0.491 e. The number of rotatable bonds is 4. The molecule has 1 aromatic rings. The zero-order valence-electron chi connectivity index (χ0n) is 8.92. The lowest BCUT2D eigenvalue weighted by Crippen LogP contribution is -2.16. The van der Waals surface area contributed by atoms with Crippen LogP contribution in [0.15, 0.2) is 18.2 Å². The van der Waals surface area contributed by atoms with Gasteiger partial charge in [-0.2, -0.15) is 0 Å². The van der Waals surface area contributed by atoms with Gasteiger partial charge in [0.1, 0.15) is 18.2 Å². The van der Waals surface area contributed by atoms with Crippen LogP contribution in [0, 0.1) is 5.82 Å². The van der Waals surface area contributed by atoms with Gasteiger partial charge < -0.3 is 9.47 Å². The normalized spacial score (nSPS) is 20.0. The van der Waals surface area contributed by atoms with Crippen LogP contribution >= 0.6 is 11.6 Å². The predicted molar refractivity (Wildman–Crippen MR) is 60.4 cm³/mol. The monoisotopic (exact) mass is 244 g/mol. The third-order valence-electron chi connectivity index (χ3n) is 2.55. The fourth-order valence-corrected chi connectivity index (χ4v) is 1.90. The molecule has 1 saturated heterocycles. The van der Waals surface area contributed by atoms with Crippen molar-refractivity contribution in [3.63, 3.8) is 0 Å². The summed E-state index contributed by atoms with van der Waals surface area (Å²) in [7, 11) is 0. The number of hydrogen-bond donors (Lipinski definition) is 0. The van der Waals surface area contributed by atoms with Crippen LogP contribution in [0.3, 0.4) is 0 Å². The van der Waals surface area contributed by atoms with Crippen LogP contribution in [0.1, 0.15) is 18.4 Å². The van der Waals surface area contributed by atoms with Crippen molar-refractivity contribution in [2.24, 2.45) is 0 Å². The molecule has 16 heavy (non-hydrogen) atoms. The molecular formula is C12H14ClFO2. The van der Waals surface area contributed by atoms with E-state index in [1.54, 1.807) is 6.07 Å². The lowest BCUT2D eigenvalue weighted by Gasteiger charge is -2.12. The van der Waals surface area contributed by atoms with E-state index in [0.29, 0.717) is 12.4 Å². The second kappa shape index (κ2) is 5.51. The molecule has 0 N–H and O–H groups in total. The Morgan fingerprint density at radius 2 is 2.31 bits per heavy atom. The van der Waals surface area contributed by atoms with Crippen molar-refractivity contribution in [1.29, 1.82) is 0 Å². The number of hydrogen-bond acceptors (Lipinski definition) is 2. The van der Waals surface area contributed by atoms with Crippen molar-refractivity contribution >= 4 is 11.6 Å². The highest BCUT2D eigenvalue weighted by Gasteiger charge is 2.16. The smallest absolute Gasteiger partial charge is 0.127 e. The van der Waals surface area contributed by atoms with E-state index < -0.39 is 0 Å². The quantitative estimate of drug-likeness (QED) is 0.758. The first-order valence-electron chi connectivity index (χ1n) is 5.38. The molecule has 1 atom stereocenters. The van der Waals surface area contributed by atoms with Crippen LogP contribution in [0.2, 0.25) is 0 Å². The Balaban J connectivity index is 1.94. The Morgan fingerprint density at radius 1 is 1.44 bits per heavy atom. The maximum Gasteiger partial charge on any atom is 0.127 e. The van der Waals surface area contributed by atoms with Gasteiger partial charge in [0.25, 0.3) is 0 Å². The van der Waals surface area contributed by atoms with E-state index >= 15 is 0 Å². The molecule has 0 radical (unpaired) electrons. The minimum atomic E-state index is -0.319. The first-order chi connectivity index (χ1) is 7.78. The highest BCUT2D eigenvalue weighted by Crippen LogP contribution is 2.19. The average molecular weight is 245 g/mol. The summed E-state index contributed by atoms with van der Waals surface area (Å²) < 4.78 is 24.1. The second-order valence-corrected chi connectivity index (χ2v) is 4.14. The van der Waals surface area contributed by atoms with Gasteiger partial charge in [0, 0.05) is 18.6 Å². The van der Waals surface area contributed by atoms with E-state index in [9.17, 15) is 4.39 Å². The van der Waals surface area contributed by atoms with Gasteiger partial charge >= 0.3 is 0 Å². The topological polar surface area (TPSA) is 18.5 Å². The van der Waals surface area contributed by atoms with E-state index in [0.717, 1.165) is 25.0 Å². The van der Waals surface area contributed by atoms with Crippen molar-refractivity contribution in [3.05, 3.63) is 29.6 Å². The van der Waals surface area contributed by atoms with Crippen molar-refractivity contribution in [3.8, 4) is 5.75 Å². The first kappa shape index (κ1) is 11.7. The molecule has 2 nitrogen and oxygen atoms in total. The van der Waals surface area contributed by atoms with Crippen molar-refractivity contribution in [2.45, 2.75) is 24.8 Å². The minimum absolute atomic E-state index is 0.141. The summed E-state index contributed by atoms with van der Waals surface area (Å²) in [6.45, 7) is 1.27. The molecule has 0 aliphatic carbocycles. The zero-order valence-corrected chi connectivity index (χ0v) is 9.67. The molecule has 0 saturated carbocycles.